The van der Waals surface area contributed by atoms with E-state index >= 15 is 0 Å². The number of carbonyl (C=O) groups is 1. The van der Waals surface area contributed by atoms with Gasteiger partial charge in [0.1, 0.15) is 11.6 Å². The third kappa shape index (κ3) is 4.57. The molecule has 0 spiro atoms. The molecule has 0 atom stereocenters. The molecule has 0 saturated heterocycles. The highest BCUT2D eigenvalue weighted by molar-refractivity contribution is 5.77. The monoisotopic (exact) mass is 289 g/mol. The number of benzene rings is 2. The van der Waals surface area contributed by atoms with E-state index in [1.165, 1.54) is 24.3 Å². The number of amides is 1. The molecule has 110 valence electrons. The van der Waals surface area contributed by atoms with Crippen molar-refractivity contribution in [2.24, 2.45) is 0 Å². The van der Waals surface area contributed by atoms with E-state index in [9.17, 15) is 14.3 Å². The van der Waals surface area contributed by atoms with E-state index in [0.29, 0.717) is 12.3 Å². The van der Waals surface area contributed by atoms with Gasteiger partial charge in [0.2, 0.25) is 0 Å². The molecule has 5 heteroatoms. The molecule has 2 aromatic rings. The van der Waals surface area contributed by atoms with Crippen molar-refractivity contribution < 1.29 is 19.0 Å². The van der Waals surface area contributed by atoms with Crippen LogP contribution in [0.25, 0.3) is 0 Å². The Kier molecular flexibility index (Phi) is 5.29. The van der Waals surface area contributed by atoms with Gasteiger partial charge in [-0.3, -0.25) is 4.79 Å². The van der Waals surface area contributed by atoms with Crippen molar-refractivity contribution in [3.05, 3.63) is 65.5 Å². The Morgan fingerprint density at radius 3 is 2.43 bits per heavy atom. The molecule has 0 aromatic heterocycles. The van der Waals surface area contributed by atoms with Crippen molar-refractivity contribution >= 4 is 5.91 Å². The number of carbonyl (C=O) groups excluding carboxylic acids is 1. The van der Waals surface area contributed by atoms with E-state index < -0.39 is 0 Å². The molecule has 0 heterocycles. The van der Waals surface area contributed by atoms with E-state index in [-0.39, 0.29) is 24.9 Å². The summed E-state index contributed by atoms with van der Waals surface area (Å²) < 4.78 is 17.9. The number of ether oxygens (including phenoxy) is 1. The maximum atomic E-state index is 12.7. The summed E-state index contributed by atoms with van der Waals surface area (Å²) in [5.41, 5.74) is 1.63. The molecule has 0 aliphatic carbocycles. The van der Waals surface area contributed by atoms with E-state index in [1.54, 1.807) is 6.07 Å². The molecule has 0 unspecified atom stereocenters. The first-order valence-corrected chi connectivity index (χ1v) is 6.52. The molecule has 2 N–H and O–H groups in total. The van der Waals surface area contributed by atoms with Crippen LogP contribution in [0.15, 0.2) is 48.5 Å². The van der Waals surface area contributed by atoms with Crippen molar-refractivity contribution in [2.45, 2.75) is 13.2 Å². The van der Waals surface area contributed by atoms with Crippen molar-refractivity contribution in [1.82, 2.24) is 5.32 Å². The summed E-state index contributed by atoms with van der Waals surface area (Å²) in [7, 11) is 0. The third-order valence-electron chi connectivity index (χ3n) is 2.95. The van der Waals surface area contributed by atoms with Gasteiger partial charge in [0.25, 0.3) is 5.91 Å². The van der Waals surface area contributed by atoms with Crippen molar-refractivity contribution in [3.8, 4) is 5.75 Å². The molecule has 0 fully saturated rings. The minimum absolute atomic E-state index is 0.0713. The normalized spacial score (nSPS) is 10.2. The largest absolute Gasteiger partial charge is 0.484 e. The van der Waals surface area contributed by atoms with Crippen LogP contribution in [0.5, 0.6) is 5.75 Å². The summed E-state index contributed by atoms with van der Waals surface area (Å²) in [6.45, 7) is 0.105. The van der Waals surface area contributed by atoms with Crippen LogP contribution < -0.4 is 10.1 Å². The van der Waals surface area contributed by atoms with Gasteiger partial charge in [0, 0.05) is 6.54 Å². The molecule has 0 aliphatic rings. The lowest BCUT2D eigenvalue weighted by molar-refractivity contribution is -0.123. The average Bonchev–Trinajstić information content (AvgIpc) is 2.52. The Morgan fingerprint density at radius 1 is 1.10 bits per heavy atom. The third-order valence-corrected chi connectivity index (χ3v) is 2.95. The molecule has 1 amide bonds. The zero-order chi connectivity index (χ0) is 15.1. The average molecular weight is 289 g/mol. The van der Waals surface area contributed by atoms with Gasteiger partial charge in [-0.15, -0.1) is 0 Å². The topological polar surface area (TPSA) is 58.6 Å². The fraction of sp³-hybridized carbons (Fsp3) is 0.188. The van der Waals surface area contributed by atoms with Crippen LogP contribution in [0, 0.1) is 5.82 Å². The minimum Gasteiger partial charge on any atom is -0.484 e. The number of nitrogens with one attached hydrogen (secondary N) is 1. The first kappa shape index (κ1) is 15.0. The first-order valence-electron chi connectivity index (χ1n) is 6.52. The zero-order valence-corrected chi connectivity index (χ0v) is 11.4. The van der Waals surface area contributed by atoms with Crippen LogP contribution >= 0.6 is 0 Å². The van der Waals surface area contributed by atoms with E-state index in [0.717, 1.165) is 11.1 Å². The highest BCUT2D eigenvalue weighted by Crippen LogP contribution is 2.11. The van der Waals surface area contributed by atoms with Gasteiger partial charge in [-0.25, -0.2) is 4.39 Å². The van der Waals surface area contributed by atoms with Gasteiger partial charge >= 0.3 is 0 Å². The number of aliphatic hydroxyl groups excluding tert-OH is 1. The van der Waals surface area contributed by atoms with Crippen molar-refractivity contribution in [2.75, 3.05) is 6.61 Å². The molecule has 0 radical (unpaired) electrons. The fourth-order valence-electron chi connectivity index (χ4n) is 1.81. The van der Waals surface area contributed by atoms with Crippen LogP contribution in [0.4, 0.5) is 4.39 Å². The second-order valence-electron chi connectivity index (χ2n) is 4.45. The lowest BCUT2D eigenvalue weighted by Gasteiger charge is -2.10. The molecule has 21 heavy (non-hydrogen) atoms. The van der Waals surface area contributed by atoms with E-state index in [2.05, 4.69) is 5.32 Å². The van der Waals surface area contributed by atoms with Crippen LogP contribution in [0.2, 0.25) is 0 Å². The fourth-order valence-corrected chi connectivity index (χ4v) is 1.81. The quantitative estimate of drug-likeness (QED) is 0.855. The Balaban J connectivity index is 1.81. The maximum absolute atomic E-state index is 12.7. The van der Waals surface area contributed by atoms with Crippen molar-refractivity contribution in [3.63, 3.8) is 0 Å². The molecule has 0 saturated carbocycles. The Bertz CT molecular complexity index is 599. The molecule has 2 aromatic carbocycles. The van der Waals surface area contributed by atoms with E-state index in [1.807, 2.05) is 18.2 Å². The van der Waals surface area contributed by atoms with E-state index in [4.69, 9.17) is 4.74 Å². The Morgan fingerprint density at radius 2 is 1.76 bits per heavy atom. The Hall–Kier alpha value is -2.40. The van der Waals surface area contributed by atoms with Gasteiger partial charge in [-0.1, -0.05) is 24.3 Å². The summed E-state index contributed by atoms with van der Waals surface area (Å²) in [5.74, 6) is -0.207. The van der Waals surface area contributed by atoms with Gasteiger partial charge in [-0.2, -0.15) is 0 Å². The Labute approximate surface area is 122 Å². The molecule has 0 bridgehead atoms. The number of rotatable bonds is 6. The maximum Gasteiger partial charge on any atom is 0.258 e. The predicted octanol–water partition coefficient (Wildman–Crippen LogP) is 2.01. The van der Waals surface area contributed by atoms with Gasteiger partial charge < -0.3 is 15.2 Å². The van der Waals surface area contributed by atoms with Gasteiger partial charge in [-0.05, 0) is 35.4 Å². The zero-order valence-electron chi connectivity index (χ0n) is 11.4. The lowest BCUT2D eigenvalue weighted by Crippen LogP contribution is -2.28. The summed E-state index contributed by atoms with van der Waals surface area (Å²) in [6, 6.07) is 12.8. The highest BCUT2D eigenvalue weighted by atomic mass is 19.1. The van der Waals surface area contributed by atoms with Crippen LogP contribution in [-0.2, 0) is 17.9 Å². The molecule has 4 nitrogen and oxygen atoms in total. The van der Waals surface area contributed by atoms with Crippen LogP contribution in [0.3, 0.4) is 0 Å². The number of hydrogen-bond acceptors (Lipinski definition) is 3. The van der Waals surface area contributed by atoms with Gasteiger partial charge in [0.15, 0.2) is 6.61 Å². The SMILES string of the molecule is O=C(COc1ccc(F)cc1)NCc1ccccc1CO. The molecular formula is C16H16FNO3. The van der Waals surface area contributed by atoms with Crippen LogP contribution in [-0.4, -0.2) is 17.6 Å². The smallest absolute Gasteiger partial charge is 0.258 e. The number of halogens is 1. The summed E-state index contributed by atoms with van der Waals surface area (Å²) in [5, 5.41) is 11.9. The predicted molar refractivity (Wildman–Crippen MR) is 76.1 cm³/mol. The molecule has 0 aliphatic heterocycles. The lowest BCUT2D eigenvalue weighted by atomic mass is 10.1. The number of hydrogen-bond donors (Lipinski definition) is 2. The van der Waals surface area contributed by atoms with Crippen LogP contribution in [0.1, 0.15) is 11.1 Å². The molecule has 2 rings (SSSR count). The number of aliphatic hydroxyl groups is 1. The minimum atomic E-state index is -0.354. The van der Waals surface area contributed by atoms with Gasteiger partial charge in [0.05, 0.1) is 6.61 Å². The highest BCUT2D eigenvalue weighted by Gasteiger charge is 2.05. The first-order chi connectivity index (χ1) is 10.2. The summed E-state index contributed by atoms with van der Waals surface area (Å²) in [6.07, 6.45) is 0. The molecular weight excluding hydrogens is 273 g/mol. The summed E-state index contributed by atoms with van der Waals surface area (Å²) in [4.78, 5) is 11.7. The van der Waals surface area contributed by atoms with Crippen molar-refractivity contribution in [1.29, 1.82) is 0 Å². The second-order valence-corrected chi connectivity index (χ2v) is 4.45. The standard InChI is InChI=1S/C16H16FNO3/c17-14-5-7-15(8-6-14)21-11-16(20)18-9-12-3-1-2-4-13(12)10-19/h1-8,19H,9-11H2,(H,18,20). The second kappa shape index (κ2) is 7.40. The summed E-state index contributed by atoms with van der Waals surface area (Å²) >= 11 is 0.